The molecule has 0 aromatic carbocycles. The van der Waals surface area contributed by atoms with Gasteiger partial charge in [0.05, 0.1) is 0 Å². The number of hydrogen-bond acceptors (Lipinski definition) is 0. The van der Waals surface area contributed by atoms with Crippen LogP contribution in [0, 0.1) is 12.3 Å². The van der Waals surface area contributed by atoms with Crippen LogP contribution in [0.3, 0.4) is 0 Å². The molecule has 8 heavy (non-hydrogen) atoms. The first kappa shape index (κ1) is 6.78. The summed E-state index contributed by atoms with van der Waals surface area (Å²) in [6.45, 7) is 3.49. The van der Waals surface area contributed by atoms with Crippen molar-refractivity contribution in [2.75, 3.05) is 0 Å². The van der Waals surface area contributed by atoms with Crippen molar-refractivity contribution in [2.24, 2.45) is 0 Å². The predicted molar refractivity (Wildman–Crippen MR) is 37.3 cm³/mol. The van der Waals surface area contributed by atoms with Crippen LogP contribution >= 0.6 is 0 Å². The van der Waals surface area contributed by atoms with Crippen LogP contribution in [-0.2, 0) is 0 Å². The van der Waals surface area contributed by atoms with Gasteiger partial charge >= 0.3 is 0 Å². The summed E-state index contributed by atoms with van der Waals surface area (Å²) in [6.07, 6.45) is 13.7. The third kappa shape index (κ3) is 4.78. The summed E-state index contributed by atoms with van der Waals surface area (Å²) >= 11 is 0. The summed E-state index contributed by atoms with van der Waals surface area (Å²) in [6, 6.07) is 0. The maximum absolute atomic E-state index is 4.91. The molecule has 0 saturated heterocycles. The zero-order valence-corrected chi connectivity index (χ0v) is 4.67. The Balaban J connectivity index is 3.46. The number of rotatable bonds is 2. The highest BCUT2D eigenvalue weighted by atomic mass is 13.6. The van der Waals surface area contributed by atoms with Crippen LogP contribution in [-0.4, -0.2) is 0 Å². The van der Waals surface area contributed by atoms with E-state index in [4.69, 9.17) is 6.42 Å². The Morgan fingerprint density at radius 1 is 1.25 bits per heavy atom. The van der Waals surface area contributed by atoms with E-state index in [1.807, 2.05) is 12.2 Å². The Morgan fingerprint density at radius 2 is 2.00 bits per heavy atom. The van der Waals surface area contributed by atoms with E-state index < -0.39 is 0 Å². The van der Waals surface area contributed by atoms with Gasteiger partial charge in [-0.3, -0.25) is 0 Å². The molecule has 0 bridgehead atoms. The van der Waals surface area contributed by atoms with Crippen molar-refractivity contribution < 1.29 is 0 Å². The maximum Gasteiger partial charge on any atom is -0.0122 e. The lowest BCUT2D eigenvalue weighted by Crippen LogP contribution is -1.45. The van der Waals surface area contributed by atoms with E-state index in [1.54, 1.807) is 18.2 Å². The van der Waals surface area contributed by atoms with Gasteiger partial charge in [0.25, 0.3) is 0 Å². The Labute approximate surface area is 50.2 Å². The molecule has 40 valence electrons. The lowest BCUT2D eigenvalue weighted by atomic mass is 10.4. The molecule has 0 aliphatic rings. The van der Waals surface area contributed by atoms with E-state index in [1.165, 1.54) is 0 Å². The van der Waals surface area contributed by atoms with E-state index in [0.717, 1.165) is 0 Å². The minimum Gasteiger partial charge on any atom is -0.115 e. The highest BCUT2D eigenvalue weighted by molar-refractivity contribution is 5.17. The van der Waals surface area contributed by atoms with E-state index in [9.17, 15) is 0 Å². The summed E-state index contributed by atoms with van der Waals surface area (Å²) in [4.78, 5) is 0. The van der Waals surface area contributed by atoms with Gasteiger partial charge in [-0.1, -0.05) is 36.8 Å². The molecule has 0 atom stereocenters. The van der Waals surface area contributed by atoms with Crippen LogP contribution in [0.15, 0.2) is 37.0 Å². The smallest absolute Gasteiger partial charge is 0.0122 e. The molecule has 0 aliphatic carbocycles. The predicted octanol–water partition coefficient (Wildman–Crippen LogP) is 1.92. The quantitative estimate of drug-likeness (QED) is 0.371. The van der Waals surface area contributed by atoms with Crippen molar-refractivity contribution in [3.05, 3.63) is 37.0 Å². The Kier molecular flexibility index (Phi) is 4.90. The van der Waals surface area contributed by atoms with Gasteiger partial charge in [0, 0.05) is 0 Å². The van der Waals surface area contributed by atoms with Crippen molar-refractivity contribution in [2.45, 2.75) is 0 Å². The fourth-order valence-corrected chi connectivity index (χ4v) is 0.254. The van der Waals surface area contributed by atoms with E-state index >= 15 is 0 Å². The van der Waals surface area contributed by atoms with E-state index in [-0.39, 0.29) is 0 Å². The average molecular weight is 104 g/mol. The van der Waals surface area contributed by atoms with Crippen molar-refractivity contribution in [3.63, 3.8) is 0 Å². The van der Waals surface area contributed by atoms with Gasteiger partial charge < -0.3 is 0 Å². The highest BCUT2D eigenvalue weighted by Gasteiger charge is 1.54. The molecule has 0 radical (unpaired) electrons. The zero-order chi connectivity index (χ0) is 6.24. The molecule has 0 heteroatoms. The second-order valence-corrected chi connectivity index (χ2v) is 1.15. The van der Waals surface area contributed by atoms with Crippen LogP contribution in [0.1, 0.15) is 0 Å². The topological polar surface area (TPSA) is 0 Å². The molecule has 0 amide bonds. The third-order valence-corrected chi connectivity index (χ3v) is 0.551. The van der Waals surface area contributed by atoms with Crippen molar-refractivity contribution in [3.8, 4) is 12.3 Å². The summed E-state index contributed by atoms with van der Waals surface area (Å²) in [5, 5.41) is 0. The van der Waals surface area contributed by atoms with E-state index in [0.29, 0.717) is 0 Å². The largest absolute Gasteiger partial charge is 0.115 e. The molecule has 0 aromatic rings. The van der Waals surface area contributed by atoms with Crippen LogP contribution in [0.5, 0.6) is 0 Å². The summed E-state index contributed by atoms with van der Waals surface area (Å²) < 4.78 is 0. The molecule has 0 rings (SSSR count). The summed E-state index contributed by atoms with van der Waals surface area (Å²) in [5.74, 6) is 2.36. The lowest BCUT2D eigenvalue weighted by molar-refractivity contribution is 1.94. The molecule has 0 aromatic heterocycles. The second kappa shape index (κ2) is 5.78. The Bertz CT molecular complexity index is 142. The zero-order valence-electron chi connectivity index (χ0n) is 4.67. The minimum atomic E-state index is 1.62. The van der Waals surface area contributed by atoms with Gasteiger partial charge in [-0.2, -0.15) is 0 Å². The molecular weight excluding hydrogens is 96.1 g/mol. The monoisotopic (exact) mass is 104 g/mol. The van der Waals surface area contributed by atoms with Crippen LogP contribution < -0.4 is 0 Å². The normalized spacial score (nSPS) is 9.88. The third-order valence-electron chi connectivity index (χ3n) is 0.551. The van der Waals surface area contributed by atoms with Crippen LogP contribution in [0.2, 0.25) is 0 Å². The maximum atomic E-state index is 4.91. The molecule has 0 N–H and O–H groups in total. The van der Waals surface area contributed by atoms with Crippen molar-refractivity contribution in [1.82, 2.24) is 0 Å². The molecule has 0 heterocycles. The minimum absolute atomic E-state index is 1.62. The molecule has 0 saturated carbocycles. The number of allylic oxidation sites excluding steroid dienone is 5. The molecule has 0 fully saturated rings. The molecule has 0 spiro atoms. The summed E-state index contributed by atoms with van der Waals surface area (Å²) in [5.41, 5.74) is 0. The Morgan fingerprint density at radius 3 is 2.50 bits per heavy atom. The first-order valence-corrected chi connectivity index (χ1v) is 2.32. The first-order valence-electron chi connectivity index (χ1n) is 2.32. The standard InChI is InChI=1S/C8H8/c1-3-5-7-8-6-4-2/h1,4-8H,2H2/b7-5-,8-6+. The van der Waals surface area contributed by atoms with Gasteiger partial charge in [0.2, 0.25) is 0 Å². The van der Waals surface area contributed by atoms with E-state index in [2.05, 4.69) is 12.5 Å². The second-order valence-electron chi connectivity index (χ2n) is 1.15. The van der Waals surface area contributed by atoms with Crippen molar-refractivity contribution >= 4 is 0 Å². The highest BCUT2D eigenvalue weighted by Crippen LogP contribution is 1.74. The van der Waals surface area contributed by atoms with Crippen LogP contribution in [0.4, 0.5) is 0 Å². The fraction of sp³-hybridized carbons (Fsp3) is 0. The van der Waals surface area contributed by atoms with Gasteiger partial charge in [-0.25, -0.2) is 0 Å². The van der Waals surface area contributed by atoms with Gasteiger partial charge in [-0.05, 0) is 6.08 Å². The van der Waals surface area contributed by atoms with Crippen molar-refractivity contribution in [1.29, 1.82) is 0 Å². The Hall–Kier alpha value is -1.22. The summed E-state index contributed by atoms with van der Waals surface area (Å²) in [7, 11) is 0. The number of terminal acetylenes is 1. The fourth-order valence-electron chi connectivity index (χ4n) is 0.254. The van der Waals surface area contributed by atoms with Gasteiger partial charge in [-0.15, -0.1) is 6.42 Å². The first-order chi connectivity index (χ1) is 3.91. The molecular formula is C8H8. The number of hydrogen-bond donors (Lipinski definition) is 0. The molecule has 0 unspecified atom stereocenters. The lowest BCUT2D eigenvalue weighted by Gasteiger charge is -1.65. The van der Waals surface area contributed by atoms with Crippen LogP contribution in [0.25, 0.3) is 0 Å². The SMILES string of the molecule is C#C/C=C\C=C\C=C. The van der Waals surface area contributed by atoms with Gasteiger partial charge in [0.1, 0.15) is 0 Å². The average Bonchev–Trinajstić information content (AvgIpc) is 1.81. The van der Waals surface area contributed by atoms with Gasteiger partial charge in [0.15, 0.2) is 0 Å². The molecule has 0 nitrogen and oxygen atoms in total. The molecule has 0 aliphatic heterocycles.